The van der Waals surface area contributed by atoms with E-state index in [1.807, 2.05) is 36.5 Å². The highest BCUT2D eigenvalue weighted by Crippen LogP contribution is 2.40. The van der Waals surface area contributed by atoms with Gasteiger partial charge in [0.25, 0.3) is 0 Å². The van der Waals surface area contributed by atoms with Crippen molar-refractivity contribution in [3.63, 3.8) is 0 Å². The predicted molar refractivity (Wildman–Crippen MR) is 159 cm³/mol. The first-order valence-electron chi connectivity index (χ1n) is 14.5. The van der Waals surface area contributed by atoms with Gasteiger partial charge in [-0.25, -0.2) is 4.39 Å². The molecular formula is C34H40F4OS. The Bertz CT molecular complexity index is 1300. The minimum Gasteiger partial charge on any atom is -0.489 e. The fourth-order valence-electron chi connectivity index (χ4n) is 5.91. The molecule has 1 nitrogen and oxygen atoms in total. The van der Waals surface area contributed by atoms with Gasteiger partial charge in [0.2, 0.25) is 0 Å². The van der Waals surface area contributed by atoms with Crippen molar-refractivity contribution in [2.24, 2.45) is 17.8 Å². The molecule has 1 saturated carbocycles. The average molecular weight is 573 g/mol. The van der Waals surface area contributed by atoms with E-state index in [0.717, 1.165) is 30.7 Å². The van der Waals surface area contributed by atoms with Crippen LogP contribution in [0.5, 0.6) is 5.75 Å². The Morgan fingerprint density at radius 1 is 1.02 bits per heavy atom. The van der Waals surface area contributed by atoms with Gasteiger partial charge >= 0.3 is 6.18 Å². The van der Waals surface area contributed by atoms with Crippen LogP contribution in [-0.2, 0) is 6.18 Å². The van der Waals surface area contributed by atoms with E-state index in [1.165, 1.54) is 53.1 Å². The van der Waals surface area contributed by atoms with Gasteiger partial charge in [0.1, 0.15) is 18.2 Å². The number of thiophene rings is 1. The molecular weight excluding hydrogens is 532 g/mol. The smallest absolute Gasteiger partial charge is 0.419 e. The maximum Gasteiger partial charge on any atom is 0.419 e. The van der Waals surface area contributed by atoms with E-state index < -0.39 is 17.6 Å². The number of fused-ring (bicyclic) bond motifs is 1. The van der Waals surface area contributed by atoms with Crippen LogP contribution in [-0.4, -0.2) is 6.61 Å². The largest absolute Gasteiger partial charge is 0.489 e. The number of alkyl halides is 3. The maximum atomic E-state index is 13.9. The molecule has 0 bridgehead atoms. The minimum atomic E-state index is -4.67. The van der Waals surface area contributed by atoms with E-state index in [2.05, 4.69) is 38.1 Å². The van der Waals surface area contributed by atoms with Crippen LogP contribution in [0.25, 0.3) is 16.2 Å². The predicted octanol–water partition coefficient (Wildman–Crippen LogP) is 11.4. The Morgan fingerprint density at radius 3 is 2.48 bits per heavy atom. The molecule has 2 aromatic carbocycles. The fraction of sp³-hybridized carbons (Fsp3) is 0.471. The minimum absolute atomic E-state index is 0.392. The van der Waals surface area contributed by atoms with Gasteiger partial charge in [0, 0.05) is 9.58 Å². The first-order valence-corrected chi connectivity index (χ1v) is 15.3. The lowest BCUT2D eigenvalue weighted by Crippen LogP contribution is -2.21. The van der Waals surface area contributed by atoms with Crippen LogP contribution in [0.4, 0.5) is 17.6 Å². The molecule has 0 saturated heterocycles. The maximum absolute atomic E-state index is 13.9. The summed E-state index contributed by atoms with van der Waals surface area (Å²) >= 11 is 1.88. The summed E-state index contributed by atoms with van der Waals surface area (Å²) in [5, 5.41) is 1.28. The summed E-state index contributed by atoms with van der Waals surface area (Å²) in [6, 6.07) is 11.8. The van der Waals surface area contributed by atoms with E-state index in [9.17, 15) is 17.6 Å². The molecule has 1 aliphatic rings. The topological polar surface area (TPSA) is 9.23 Å². The van der Waals surface area contributed by atoms with Crippen LogP contribution in [0, 0.1) is 23.6 Å². The Balaban J connectivity index is 1.27. The number of halogens is 4. The average Bonchev–Trinajstić information content (AvgIpc) is 3.36. The van der Waals surface area contributed by atoms with Crippen LogP contribution in [0.2, 0.25) is 0 Å². The molecule has 4 rings (SSSR count). The molecule has 0 N–H and O–H groups in total. The Hall–Kier alpha value is -2.60. The molecule has 6 heteroatoms. The SMILES string of the molecule is C/C=C/COc1ccc2cc(C(C)CCC(CC)C3CCC(/C=C/c4ccc(C(F)(F)F)c(F)c4)CC3)sc2c1. The second kappa shape index (κ2) is 13.8. The monoisotopic (exact) mass is 572 g/mol. The summed E-state index contributed by atoms with van der Waals surface area (Å²) in [4.78, 5) is 1.43. The standard InChI is InChI=1S/C34H40F4OS/c1-4-6-19-39-29-17-16-28-21-32(40-33(28)22-29)23(3)7-13-26(5-2)27-14-10-24(11-15-27)8-9-25-12-18-30(31(35)20-25)34(36,37)38/h4,6,8-9,12,16-18,20-24,26-27H,5,7,10-11,13-15,19H2,1-3H3/b6-4+,9-8+. The zero-order valence-corrected chi connectivity index (χ0v) is 24.5. The number of rotatable bonds is 11. The van der Waals surface area contributed by atoms with Gasteiger partial charge in [0.05, 0.1) is 5.56 Å². The molecule has 1 aliphatic carbocycles. The highest BCUT2D eigenvalue weighted by molar-refractivity contribution is 7.19. The molecule has 0 spiro atoms. The molecule has 40 heavy (non-hydrogen) atoms. The van der Waals surface area contributed by atoms with Gasteiger partial charge in [-0.15, -0.1) is 11.3 Å². The molecule has 3 aromatic rings. The lowest BCUT2D eigenvalue weighted by atomic mass is 9.73. The molecule has 1 aromatic heterocycles. The van der Waals surface area contributed by atoms with Crippen molar-refractivity contribution in [2.45, 2.75) is 77.8 Å². The van der Waals surface area contributed by atoms with Gasteiger partial charge in [-0.2, -0.15) is 13.2 Å². The summed E-state index contributed by atoms with van der Waals surface area (Å²) in [5.74, 6) is 2.02. The van der Waals surface area contributed by atoms with Crippen molar-refractivity contribution in [1.82, 2.24) is 0 Å². The number of allylic oxidation sites excluding steroid dienone is 2. The molecule has 0 amide bonds. The number of hydrogen-bond donors (Lipinski definition) is 0. The van der Waals surface area contributed by atoms with Crippen molar-refractivity contribution >= 4 is 27.5 Å². The van der Waals surface area contributed by atoms with Crippen molar-refractivity contribution < 1.29 is 22.3 Å². The van der Waals surface area contributed by atoms with Crippen LogP contribution >= 0.6 is 11.3 Å². The lowest BCUT2D eigenvalue weighted by molar-refractivity contribution is -0.140. The molecule has 1 heterocycles. The summed E-state index contributed by atoms with van der Waals surface area (Å²) < 4.78 is 59.4. The van der Waals surface area contributed by atoms with Crippen molar-refractivity contribution in [2.75, 3.05) is 6.61 Å². The van der Waals surface area contributed by atoms with Gasteiger partial charge in [-0.05, 0) is 116 Å². The highest BCUT2D eigenvalue weighted by atomic mass is 32.1. The lowest BCUT2D eigenvalue weighted by Gasteiger charge is -2.33. The number of ether oxygens (including phenoxy) is 1. The van der Waals surface area contributed by atoms with Crippen LogP contribution in [0.15, 0.2) is 60.7 Å². The number of benzene rings is 2. The van der Waals surface area contributed by atoms with Gasteiger partial charge in [0.15, 0.2) is 0 Å². The van der Waals surface area contributed by atoms with Gasteiger partial charge < -0.3 is 4.74 Å². The first kappa shape index (κ1) is 30.4. The number of hydrogen-bond acceptors (Lipinski definition) is 2. The molecule has 1 fully saturated rings. The molecule has 0 aliphatic heterocycles. The van der Waals surface area contributed by atoms with Crippen LogP contribution in [0.1, 0.15) is 87.6 Å². The Kier molecular flexibility index (Phi) is 10.5. The van der Waals surface area contributed by atoms with E-state index in [1.54, 1.807) is 6.08 Å². The molecule has 216 valence electrons. The van der Waals surface area contributed by atoms with Gasteiger partial charge in [-0.1, -0.05) is 50.6 Å². The molecule has 2 unspecified atom stereocenters. The third kappa shape index (κ3) is 7.99. The van der Waals surface area contributed by atoms with Crippen molar-refractivity contribution in [3.8, 4) is 5.75 Å². The van der Waals surface area contributed by atoms with Crippen LogP contribution in [0.3, 0.4) is 0 Å². The highest BCUT2D eigenvalue weighted by Gasteiger charge is 2.33. The van der Waals surface area contributed by atoms with E-state index in [-0.39, 0.29) is 0 Å². The second-order valence-electron chi connectivity index (χ2n) is 11.1. The third-order valence-corrected chi connectivity index (χ3v) is 9.75. The Morgan fingerprint density at radius 2 is 1.80 bits per heavy atom. The molecule has 2 atom stereocenters. The van der Waals surface area contributed by atoms with Gasteiger partial charge in [-0.3, -0.25) is 0 Å². The quantitative estimate of drug-likeness (QED) is 0.164. The van der Waals surface area contributed by atoms with Crippen molar-refractivity contribution in [3.05, 3.63) is 82.5 Å². The van der Waals surface area contributed by atoms with E-state index >= 15 is 0 Å². The fourth-order valence-corrected chi connectivity index (χ4v) is 7.08. The summed E-state index contributed by atoms with van der Waals surface area (Å²) in [5.41, 5.74) is -0.733. The normalized spacial score (nSPS) is 20.0. The Labute approximate surface area is 240 Å². The van der Waals surface area contributed by atoms with E-state index in [0.29, 0.717) is 35.8 Å². The van der Waals surface area contributed by atoms with Crippen molar-refractivity contribution in [1.29, 1.82) is 0 Å². The first-order chi connectivity index (χ1) is 19.2. The zero-order chi connectivity index (χ0) is 28.7. The zero-order valence-electron chi connectivity index (χ0n) is 23.6. The third-order valence-electron chi connectivity index (χ3n) is 8.42. The summed E-state index contributed by atoms with van der Waals surface area (Å²) in [7, 11) is 0. The van der Waals surface area contributed by atoms with E-state index in [4.69, 9.17) is 4.74 Å². The molecule has 0 radical (unpaired) electrons. The summed E-state index contributed by atoms with van der Waals surface area (Å²) in [6.45, 7) is 7.22. The van der Waals surface area contributed by atoms with Crippen LogP contribution < -0.4 is 4.74 Å². The summed E-state index contributed by atoms with van der Waals surface area (Å²) in [6.07, 6.45) is 11.2. The second-order valence-corrected chi connectivity index (χ2v) is 12.3.